The fourth-order valence-corrected chi connectivity index (χ4v) is 1.94. The predicted octanol–water partition coefficient (Wildman–Crippen LogP) is 0.897. The Morgan fingerprint density at radius 2 is 2.44 bits per heavy atom. The van der Waals surface area contributed by atoms with E-state index < -0.39 is 6.10 Å². The number of aliphatic hydroxyl groups is 1. The SMILES string of the molecule is CCCNCC(=O)NCC(O)c1ccsc1. The number of hydrogen-bond donors (Lipinski definition) is 3. The minimum absolute atomic E-state index is 0.0808. The second-order valence-electron chi connectivity index (χ2n) is 3.55. The number of aliphatic hydroxyl groups excluding tert-OH is 1. The van der Waals surface area contributed by atoms with Crippen LogP contribution < -0.4 is 10.6 Å². The quantitative estimate of drug-likeness (QED) is 0.623. The molecule has 1 rings (SSSR count). The van der Waals surface area contributed by atoms with Crippen LogP contribution in [0.1, 0.15) is 25.0 Å². The molecular formula is C11H18N2O2S. The highest BCUT2D eigenvalue weighted by Gasteiger charge is 2.09. The maximum Gasteiger partial charge on any atom is 0.234 e. The lowest BCUT2D eigenvalue weighted by Gasteiger charge is -2.10. The first kappa shape index (κ1) is 13.2. The van der Waals surface area contributed by atoms with Gasteiger partial charge in [-0.15, -0.1) is 0 Å². The van der Waals surface area contributed by atoms with Crippen LogP contribution >= 0.6 is 11.3 Å². The highest BCUT2D eigenvalue weighted by Crippen LogP contribution is 2.14. The van der Waals surface area contributed by atoms with Crippen LogP contribution in [-0.4, -0.2) is 30.6 Å². The molecule has 0 radical (unpaired) electrons. The molecule has 1 aromatic rings. The van der Waals surface area contributed by atoms with Crippen molar-refractivity contribution in [3.05, 3.63) is 22.4 Å². The van der Waals surface area contributed by atoms with Crippen LogP contribution in [0.5, 0.6) is 0 Å². The molecule has 0 aliphatic heterocycles. The third-order valence-corrected chi connectivity index (χ3v) is 2.83. The lowest BCUT2D eigenvalue weighted by molar-refractivity contribution is -0.120. The summed E-state index contributed by atoms with van der Waals surface area (Å²) in [6.07, 6.45) is 0.395. The number of thiophene rings is 1. The van der Waals surface area contributed by atoms with E-state index in [1.165, 1.54) is 11.3 Å². The summed E-state index contributed by atoms with van der Waals surface area (Å²) in [7, 11) is 0. The van der Waals surface area contributed by atoms with Gasteiger partial charge in [0.15, 0.2) is 0 Å². The lowest BCUT2D eigenvalue weighted by Crippen LogP contribution is -2.36. The van der Waals surface area contributed by atoms with Crippen molar-refractivity contribution in [3.8, 4) is 0 Å². The van der Waals surface area contributed by atoms with Gasteiger partial charge in [0.2, 0.25) is 5.91 Å². The molecule has 0 fully saturated rings. The van der Waals surface area contributed by atoms with Crippen LogP contribution in [0.15, 0.2) is 16.8 Å². The van der Waals surface area contributed by atoms with E-state index in [9.17, 15) is 9.90 Å². The van der Waals surface area contributed by atoms with Crippen molar-refractivity contribution in [3.63, 3.8) is 0 Å². The molecule has 0 spiro atoms. The van der Waals surface area contributed by atoms with Gasteiger partial charge in [0.05, 0.1) is 12.6 Å². The average molecular weight is 242 g/mol. The van der Waals surface area contributed by atoms with E-state index in [1.54, 1.807) is 0 Å². The molecule has 1 unspecified atom stereocenters. The fourth-order valence-electron chi connectivity index (χ4n) is 1.23. The molecule has 3 N–H and O–H groups in total. The third kappa shape index (κ3) is 4.74. The van der Waals surface area contributed by atoms with Crippen molar-refractivity contribution < 1.29 is 9.90 Å². The molecule has 0 saturated carbocycles. The molecule has 0 saturated heterocycles. The Labute approximate surface area is 99.7 Å². The van der Waals surface area contributed by atoms with Gasteiger partial charge >= 0.3 is 0 Å². The smallest absolute Gasteiger partial charge is 0.234 e. The monoisotopic (exact) mass is 242 g/mol. The topological polar surface area (TPSA) is 61.4 Å². The highest BCUT2D eigenvalue weighted by atomic mass is 32.1. The summed E-state index contributed by atoms with van der Waals surface area (Å²) < 4.78 is 0. The molecule has 90 valence electrons. The second kappa shape index (κ2) is 7.38. The number of carbonyl (C=O) groups excluding carboxylic acids is 1. The summed E-state index contributed by atoms with van der Waals surface area (Å²) in [5.41, 5.74) is 0.854. The fraction of sp³-hybridized carbons (Fsp3) is 0.545. The number of rotatable bonds is 7. The minimum atomic E-state index is -0.610. The van der Waals surface area contributed by atoms with Gasteiger partial charge in [-0.2, -0.15) is 11.3 Å². The minimum Gasteiger partial charge on any atom is -0.387 e. The van der Waals surface area contributed by atoms with Crippen LogP contribution in [0.25, 0.3) is 0 Å². The van der Waals surface area contributed by atoms with E-state index in [4.69, 9.17) is 0 Å². The first-order valence-electron chi connectivity index (χ1n) is 5.41. The zero-order valence-electron chi connectivity index (χ0n) is 9.40. The van der Waals surface area contributed by atoms with Gasteiger partial charge in [-0.3, -0.25) is 4.79 Å². The van der Waals surface area contributed by atoms with Crippen molar-refractivity contribution >= 4 is 17.2 Å². The zero-order chi connectivity index (χ0) is 11.8. The van der Waals surface area contributed by atoms with E-state index in [0.29, 0.717) is 6.54 Å². The maximum atomic E-state index is 11.3. The van der Waals surface area contributed by atoms with Gasteiger partial charge in [-0.05, 0) is 35.4 Å². The van der Waals surface area contributed by atoms with E-state index in [2.05, 4.69) is 10.6 Å². The molecule has 0 bridgehead atoms. The summed E-state index contributed by atoms with van der Waals surface area (Å²) >= 11 is 1.53. The summed E-state index contributed by atoms with van der Waals surface area (Å²) in [5.74, 6) is -0.0808. The van der Waals surface area contributed by atoms with E-state index in [0.717, 1.165) is 18.5 Å². The Morgan fingerprint density at radius 3 is 3.06 bits per heavy atom. The molecular weight excluding hydrogens is 224 g/mol. The number of hydrogen-bond acceptors (Lipinski definition) is 4. The average Bonchev–Trinajstić information content (AvgIpc) is 2.79. The van der Waals surface area contributed by atoms with E-state index >= 15 is 0 Å². The molecule has 1 amide bonds. The molecule has 1 heterocycles. The summed E-state index contributed by atoms with van der Waals surface area (Å²) in [6, 6.07) is 1.86. The molecule has 0 aromatic carbocycles. The zero-order valence-corrected chi connectivity index (χ0v) is 10.2. The first-order valence-corrected chi connectivity index (χ1v) is 6.36. The standard InChI is InChI=1S/C11H18N2O2S/c1-2-4-12-7-11(15)13-6-10(14)9-3-5-16-8-9/h3,5,8,10,12,14H,2,4,6-7H2,1H3,(H,13,15). The summed E-state index contributed by atoms with van der Waals surface area (Å²) in [6.45, 7) is 3.46. The Hall–Kier alpha value is -0.910. The Balaban J connectivity index is 2.16. The van der Waals surface area contributed by atoms with Crippen molar-refractivity contribution in [1.29, 1.82) is 0 Å². The van der Waals surface area contributed by atoms with Crippen molar-refractivity contribution in [1.82, 2.24) is 10.6 Å². The number of amides is 1. The van der Waals surface area contributed by atoms with Gasteiger partial charge in [0, 0.05) is 6.54 Å². The molecule has 16 heavy (non-hydrogen) atoms. The van der Waals surface area contributed by atoms with Crippen LogP contribution in [-0.2, 0) is 4.79 Å². The van der Waals surface area contributed by atoms with Crippen LogP contribution in [0.3, 0.4) is 0 Å². The van der Waals surface area contributed by atoms with Gasteiger partial charge < -0.3 is 15.7 Å². The lowest BCUT2D eigenvalue weighted by atomic mass is 10.2. The Morgan fingerprint density at radius 1 is 1.62 bits per heavy atom. The van der Waals surface area contributed by atoms with Gasteiger partial charge in [0.1, 0.15) is 0 Å². The van der Waals surface area contributed by atoms with Crippen molar-refractivity contribution in [2.75, 3.05) is 19.6 Å². The number of nitrogens with one attached hydrogen (secondary N) is 2. The van der Waals surface area contributed by atoms with Gasteiger partial charge in [-0.1, -0.05) is 6.92 Å². The third-order valence-electron chi connectivity index (χ3n) is 2.13. The summed E-state index contributed by atoms with van der Waals surface area (Å²) in [4.78, 5) is 11.3. The molecule has 0 aliphatic rings. The van der Waals surface area contributed by atoms with Gasteiger partial charge in [0.25, 0.3) is 0 Å². The van der Waals surface area contributed by atoms with Crippen LogP contribution in [0.2, 0.25) is 0 Å². The van der Waals surface area contributed by atoms with Crippen molar-refractivity contribution in [2.45, 2.75) is 19.4 Å². The van der Waals surface area contributed by atoms with Crippen LogP contribution in [0, 0.1) is 0 Å². The molecule has 0 aliphatic carbocycles. The Kier molecular flexibility index (Phi) is 6.07. The largest absolute Gasteiger partial charge is 0.387 e. The summed E-state index contributed by atoms with van der Waals surface area (Å²) in [5, 5.41) is 19.2. The van der Waals surface area contributed by atoms with Crippen LogP contribution in [0.4, 0.5) is 0 Å². The van der Waals surface area contributed by atoms with E-state index in [1.807, 2.05) is 23.8 Å². The normalized spacial score (nSPS) is 12.4. The second-order valence-corrected chi connectivity index (χ2v) is 4.33. The molecule has 1 atom stereocenters. The maximum absolute atomic E-state index is 11.3. The molecule has 5 heteroatoms. The van der Waals surface area contributed by atoms with Crippen molar-refractivity contribution in [2.24, 2.45) is 0 Å². The molecule has 1 aromatic heterocycles. The van der Waals surface area contributed by atoms with Gasteiger partial charge in [-0.25, -0.2) is 0 Å². The Bertz CT molecular complexity index is 301. The highest BCUT2D eigenvalue weighted by molar-refractivity contribution is 7.07. The predicted molar refractivity (Wildman–Crippen MR) is 65.4 cm³/mol. The number of carbonyl (C=O) groups is 1. The van der Waals surface area contributed by atoms with E-state index in [-0.39, 0.29) is 12.5 Å². The first-order chi connectivity index (χ1) is 7.74. The molecule has 4 nitrogen and oxygen atoms in total.